The van der Waals surface area contributed by atoms with Gasteiger partial charge >= 0.3 is 0 Å². The highest BCUT2D eigenvalue weighted by atomic mass is 35.5. The van der Waals surface area contributed by atoms with E-state index in [1.165, 1.54) is 46.0 Å². The van der Waals surface area contributed by atoms with E-state index in [0.29, 0.717) is 0 Å². The fourth-order valence-corrected chi connectivity index (χ4v) is 5.50. The van der Waals surface area contributed by atoms with Crippen LogP contribution in [0.5, 0.6) is 0 Å². The predicted molar refractivity (Wildman–Crippen MR) is 135 cm³/mol. The number of benzene rings is 2. The van der Waals surface area contributed by atoms with E-state index in [1.54, 1.807) is 19.3 Å². The third-order valence-electron chi connectivity index (χ3n) is 5.72. The number of rotatable bonds is 8. The van der Waals surface area contributed by atoms with E-state index < -0.39 is 38.3 Å². The first-order valence-corrected chi connectivity index (χ1v) is 13.3. The summed E-state index contributed by atoms with van der Waals surface area (Å²) in [6, 6.07) is 12.7. The molecule has 4 aromatic rings. The highest BCUT2D eigenvalue weighted by Crippen LogP contribution is 2.25. The lowest BCUT2D eigenvalue weighted by molar-refractivity contribution is 0.0776. The molecule has 37 heavy (non-hydrogen) atoms. The van der Waals surface area contributed by atoms with E-state index in [2.05, 4.69) is 9.97 Å². The zero-order valence-electron chi connectivity index (χ0n) is 20.0. The molecule has 4 rings (SSSR count). The lowest BCUT2D eigenvalue weighted by Crippen LogP contribution is -2.29. The van der Waals surface area contributed by atoms with E-state index in [4.69, 9.17) is 11.6 Å². The second-order valence-corrected chi connectivity index (χ2v) is 10.9. The molecule has 0 atom stereocenters. The molecule has 192 valence electrons. The van der Waals surface area contributed by atoms with Gasteiger partial charge in [-0.1, -0.05) is 17.7 Å². The molecule has 0 fully saturated rings. The maximum absolute atomic E-state index is 14.2. The summed E-state index contributed by atoms with van der Waals surface area (Å²) in [5.41, 5.74) is 1.90. The monoisotopic (exact) mass is 544 g/mol. The Bertz CT molecular complexity index is 1540. The maximum atomic E-state index is 14.2. The third-order valence-corrected chi connectivity index (χ3v) is 7.66. The van der Waals surface area contributed by atoms with Crippen molar-refractivity contribution >= 4 is 27.3 Å². The number of pyridine rings is 1. The Labute approximate surface area is 218 Å². The van der Waals surface area contributed by atoms with Gasteiger partial charge in [0.15, 0.2) is 0 Å². The Morgan fingerprint density at radius 2 is 1.81 bits per heavy atom. The lowest BCUT2D eigenvalue weighted by atomic mass is 10.1. The number of carbonyl (C=O) groups is 1. The number of halogens is 3. The normalized spacial score (nSPS) is 11.5. The van der Waals surface area contributed by atoms with E-state index in [9.17, 15) is 22.0 Å². The molecule has 0 saturated heterocycles. The summed E-state index contributed by atoms with van der Waals surface area (Å²) in [7, 11) is -2.55. The number of aromatic nitrogens is 3. The van der Waals surface area contributed by atoms with E-state index in [1.807, 2.05) is 13.0 Å². The minimum Gasteiger partial charge on any atom is -0.336 e. The molecule has 0 aliphatic carbocycles. The molecule has 11 heteroatoms. The molecule has 0 unspecified atom stereocenters. The number of imidazole rings is 1. The zero-order valence-corrected chi connectivity index (χ0v) is 21.6. The predicted octanol–water partition coefficient (Wildman–Crippen LogP) is 4.80. The van der Waals surface area contributed by atoms with Crippen LogP contribution in [-0.2, 0) is 22.8 Å². The van der Waals surface area contributed by atoms with Crippen LogP contribution >= 0.6 is 11.6 Å². The van der Waals surface area contributed by atoms with Crippen LogP contribution in [0, 0.1) is 18.6 Å². The third kappa shape index (κ3) is 5.86. The largest absolute Gasteiger partial charge is 0.336 e. The number of nitrogens with zero attached hydrogens (tertiary/aromatic N) is 4. The fourth-order valence-electron chi connectivity index (χ4n) is 3.89. The van der Waals surface area contributed by atoms with Gasteiger partial charge in [0, 0.05) is 41.8 Å². The highest BCUT2D eigenvalue weighted by molar-refractivity contribution is 7.91. The van der Waals surface area contributed by atoms with Crippen molar-refractivity contribution in [3.8, 4) is 5.69 Å². The summed E-state index contributed by atoms with van der Waals surface area (Å²) < 4.78 is 55.8. The van der Waals surface area contributed by atoms with E-state index in [0.717, 1.165) is 23.4 Å². The summed E-state index contributed by atoms with van der Waals surface area (Å²) >= 11 is 6.06. The van der Waals surface area contributed by atoms with Crippen LogP contribution in [0.15, 0.2) is 72.1 Å². The Hall–Kier alpha value is -3.63. The van der Waals surface area contributed by atoms with Crippen LogP contribution in [0.4, 0.5) is 8.78 Å². The summed E-state index contributed by atoms with van der Waals surface area (Å²) in [6.45, 7) is 2.07. The van der Waals surface area contributed by atoms with Gasteiger partial charge in [0.2, 0.25) is 15.0 Å². The van der Waals surface area contributed by atoms with Gasteiger partial charge in [-0.25, -0.2) is 22.2 Å². The average Bonchev–Trinajstić information content (AvgIpc) is 3.30. The van der Waals surface area contributed by atoms with Crippen LogP contribution in [0.25, 0.3) is 5.69 Å². The van der Waals surface area contributed by atoms with Crippen molar-refractivity contribution < 1.29 is 22.0 Å². The van der Waals surface area contributed by atoms with E-state index in [-0.39, 0.29) is 34.9 Å². The van der Waals surface area contributed by atoms with Crippen molar-refractivity contribution in [1.82, 2.24) is 19.4 Å². The standard InChI is InChI=1S/C26H23ClF2N4O3S/c1-17-14-18(10-12-30-17)16-32(2)25(34)24-15-31-26(33(24)20-8-6-19(28)7-9-20)37(35,36)13-11-21-22(27)4-3-5-23(21)29/h3-10,12,14-15H,11,13,16H2,1-2H3. The molecule has 0 aliphatic rings. The number of amides is 1. The maximum Gasteiger partial charge on any atom is 0.272 e. The van der Waals surface area contributed by atoms with Gasteiger partial charge in [-0.05, 0) is 67.4 Å². The summed E-state index contributed by atoms with van der Waals surface area (Å²) in [6.07, 6.45) is 2.61. The first-order valence-electron chi connectivity index (χ1n) is 11.2. The summed E-state index contributed by atoms with van der Waals surface area (Å²) in [5, 5.41) is -0.302. The number of aryl methyl sites for hydroxylation is 1. The molecule has 2 heterocycles. The Morgan fingerprint density at radius 3 is 2.49 bits per heavy atom. The minimum atomic E-state index is -4.13. The van der Waals surface area contributed by atoms with Crippen molar-refractivity contribution in [2.45, 2.75) is 25.0 Å². The van der Waals surface area contributed by atoms with Gasteiger partial charge < -0.3 is 4.90 Å². The summed E-state index contributed by atoms with van der Waals surface area (Å²) in [4.78, 5) is 23.0. The zero-order chi connectivity index (χ0) is 26.7. The Morgan fingerprint density at radius 1 is 1.08 bits per heavy atom. The molecule has 0 radical (unpaired) electrons. The second kappa shape index (κ2) is 10.8. The fraction of sp³-hybridized carbons (Fsp3) is 0.192. The number of sulfone groups is 1. The minimum absolute atomic E-state index is 0.0256. The Balaban J connectivity index is 1.71. The summed E-state index contributed by atoms with van der Waals surface area (Å²) in [5.74, 6) is -2.15. The Kier molecular flexibility index (Phi) is 7.70. The first kappa shape index (κ1) is 26.4. The molecular weight excluding hydrogens is 522 g/mol. The van der Waals surface area contributed by atoms with Gasteiger partial charge in [0.1, 0.15) is 17.3 Å². The molecule has 1 amide bonds. The van der Waals surface area contributed by atoms with Crippen LogP contribution in [0.3, 0.4) is 0 Å². The van der Waals surface area contributed by atoms with Gasteiger partial charge in [-0.3, -0.25) is 14.3 Å². The van der Waals surface area contributed by atoms with Crippen LogP contribution in [-0.4, -0.2) is 46.6 Å². The van der Waals surface area contributed by atoms with Crippen LogP contribution < -0.4 is 0 Å². The van der Waals surface area contributed by atoms with Gasteiger partial charge in [0.25, 0.3) is 5.91 Å². The molecule has 2 aromatic heterocycles. The molecule has 0 aliphatic heterocycles. The molecule has 0 bridgehead atoms. The molecule has 0 saturated carbocycles. The first-order chi connectivity index (χ1) is 17.6. The highest BCUT2D eigenvalue weighted by Gasteiger charge is 2.29. The topological polar surface area (TPSA) is 85.2 Å². The van der Waals surface area contributed by atoms with Gasteiger partial charge in [0.05, 0.1) is 11.9 Å². The molecule has 0 N–H and O–H groups in total. The number of hydrogen-bond donors (Lipinski definition) is 0. The van der Waals surface area contributed by atoms with Crippen molar-refractivity contribution in [1.29, 1.82) is 0 Å². The van der Waals surface area contributed by atoms with Crippen molar-refractivity contribution in [2.24, 2.45) is 0 Å². The number of hydrogen-bond acceptors (Lipinski definition) is 5. The van der Waals surface area contributed by atoms with Crippen molar-refractivity contribution in [3.63, 3.8) is 0 Å². The molecular formula is C26H23ClF2N4O3S. The quantitative estimate of drug-likeness (QED) is 0.318. The lowest BCUT2D eigenvalue weighted by Gasteiger charge is -2.19. The van der Waals surface area contributed by atoms with Gasteiger partial charge in [-0.2, -0.15) is 0 Å². The second-order valence-electron chi connectivity index (χ2n) is 8.47. The molecule has 0 spiro atoms. The van der Waals surface area contributed by atoms with Crippen molar-refractivity contribution in [3.05, 3.63) is 106 Å². The van der Waals surface area contributed by atoms with E-state index >= 15 is 0 Å². The van der Waals surface area contributed by atoms with Crippen LogP contribution in [0.1, 0.15) is 27.3 Å². The SMILES string of the molecule is Cc1cc(CN(C)C(=O)c2cnc(S(=O)(=O)CCc3c(F)cccc3Cl)n2-c2ccc(F)cc2)ccn1. The smallest absolute Gasteiger partial charge is 0.272 e. The molecule has 2 aromatic carbocycles. The number of carbonyl (C=O) groups excluding carboxylic acids is 1. The van der Waals surface area contributed by atoms with Crippen LogP contribution in [0.2, 0.25) is 5.02 Å². The van der Waals surface area contributed by atoms with Crippen molar-refractivity contribution in [2.75, 3.05) is 12.8 Å². The average molecular weight is 545 g/mol. The molecule has 7 nitrogen and oxygen atoms in total. The van der Waals surface area contributed by atoms with Gasteiger partial charge in [-0.15, -0.1) is 0 Å².